The highest BCUT2D eigenvalue weighted by Crippen LogP contribution is 2.22. The summed E-state index contributed by atoms with van der Waals surface area (Å²) >= 11 is 13.2. The van der Waals surface area contributed by atoms with E-state index in [0.717, 1.165) is 10.9 Å². The lowest BCUT2D eigenvalue weighted by Gasteiger charge is -2.17. The second-order valence-electron chi connectivity index (χ2n) is 5.98. The van der Waals surface area contributed by atoms with Crippen LogP contribution in [-0.4, -0.2) is 67.4 Å². The van der Waals surface area contributed by atoms with Gasteiger partial charge in [0.05, 0.1) is 18.7 Å². The Morgan fingerprint density at radius 3 is 2.21 bits per heavy atom. The molecule has 0 aliphatic rings. The van der Waals surface area contributed by atoms with Gasteiger partial charge in [-0.25, -0.2) is 0 Å². The van der Waals surface area contributed by atoms with Crippen LogP contribution in [0.5, 0.6) is 0 Å². The highest BCUT2D eigenvalue weighted by molar-refractivity contribution is 8.23. The van der Waals surface area contributed by atoms with Gasteiger partial charge in [0.25, 0.3) is 0 Å². The van der Waals surface area contributed by atoms with Crippen LogP contribution in [-0.2, 0) is 0 Å². The number of nitrogens with one attached hydrogen (secondary N) is 2. The average Bonchev–Trinajstić information content (AvgIpc) is 2.75. The molecule has 2 rings (SSSR count). The van der Waals surface area contributed by atoms with E-state index in [2.05, 4.69) is 15.6 Å². The molecule has 0 aliphatic carbocycles. The quantitative estimate of drug-likeness (QED) is 0.306. The number of thiocarbonyl (C=S) groups is 2. The van der Waals surface area contributed by atoms with Crippen molar-refractivity contribution in [3.05, 3.63) is 42.1 Å². The molecule has 1 aromatic carbocycles. The number of aliphatic hydroxyl groups is 2. The van der Waals surface area contributed by atoms with Crippen molar-refractivity contribution in [1.82, 2.24) is 15.6 Å². The van der Waals surface area contributed by atoms with E-state index in [1.165, 1.54) is 23.5 Å². The van der Waals surface area contributed by atoms with E-state index in [0.29, 0.717) is 38.8 Å². The van der Waals surface area contributed by atoms with Crippen molar-refractivity contribution in [1.29, 1.82) is 0 Å². The first-order valence-corrected chi connectivity index (χ1v) is 11.8. The lowest BCUT2D eigenvalue weighted by atomic mass is 10.0. The van der Waals surface area contributed by atoms with E-state index in [1.807, 2.05) is 30.3 Å². The van der Waals surface area contributed by atoms with E-state index in [-0.39, 0.29) is 24.9 Å². The third kappa shape index (κ3) is 8.15. The number of Topliss-reactive ketones (excluding diaryl/α,β-unsaturated/α-hetero) is 1. The number of para-hydroxylation sites is 1. The molecule has 0 unspecified atom stereocenters. The number of pyridine rings is 1. The minimum atomic E-state index is -0.323. The number of rotatable bonds is 10. The highest BCUT2D eigenvalue weighted by atomic mass is 32.2. The summed E-state index contributed by atoms with van der Waals surface area (Å²) in [6, 6.07) is 9.52. The number of ketones is 1. The molecular formula is C19H23N3O3S4. The largest absolute Gasteiger partial charge is 0.395 e. The molecule has 0 aliphatic heterocycles. The first-order valence-electron chi connectivity index (χ1n) is 8.97. The zero-order valence-electron chi connectivity index (χ0n) is 15.7. The van der Waals surface area contributed by atoms with Crippen molar-refractivity contribution >= 4 is 73.3 Å². The number of carbonyl (C=O) groups excluding carboxylic acids is 1. The molecular weight excluding hydrogens is 446 g/mol. The predicted molar refractivity (Wildman–Crippen MR) is 130 cm³/mol. The van der Waals surface area contributed by atoms with Crippen molar-refractivity contribution in [3.8, 4) is 0 Å². The van der Waals surface area contributed by atoms with E-state index in [1.54, 1.807) is 6.20 Å². The molecule has 0 saturated carbocycles. The van der Waals surface area contributed by atoms with Gasteiger partial charge in [-0.05, 0) is 12.1 Å². The molecule has 29 heavy (non-hydrogen) atoms. The van der Waals surface area contributed by atoms with Crippen LogP contribution in [0.4, 0.5) is 0 Å². The van der Waals surface area contributed by atoms with Gasteiger partial charge in [0, 0.05) is 47.7 Å². The maximum atomic E-state index is 13.2. The number of aromatic nitrogens is 1. The maximum Gasteiger partial charge on any atom is 0.169 e. The minimum Gasteiger partial charge on any atom is -0.395 e. The van der Waals surface area contributed by atoms with Gasteiger partial charge in [0.2, 0.25) is 0 Å². The normalized spacial score (nSPS) is 10.9. The topological polar surface area (TPSA) is 94.5 Å². The fraction of sp³-hybridized carbons (Fsp3) is 0.368. The zero-order valence-corrected chi connectivity index (χ0v) is 18.9. The van der Waals surface area contributed by atoms with Crippen LogP contribution in [0, 0.1) is 5.92 Å². The van der Waals surface area contributed by atoms with Crippen LogP contribution in [0.3, 0.4) is 0 Å². The first-order chi connectivity index (χ1) is 14.0. The molecule has 1 heterocycles. The number of nitrogens with zero attached hydrogens (tertiary/aromatic N) is 1. The van der Waals surface area contributed by atoms with Gasteiger partial charge < -0.3 is 20.8 Å². The SMILES string of the molecule is O=C(c1cnc2ccccc2c1)C(CSC(=S)NCCO)CSC(=S)NCCO. The molecule has 0 atom stereocenters. The second kappa shape index (κ2) is 13.1. The number of hydrogen-bond donors (Lipinski definition) is 4. The highest BCUT2D eigenvalue weighted by Gasteiger charge is 2.22. The van der Waals surface area contributed by atoms with E-state index < -0.39 is 0 Å². The summed E-state index contributed by atoms with van der Waals surface area (Å²) in [4.78, 5) is 17.6. The van der Waals surface area contributed by atoms with Crippen LogP contribution in [0.25, 0.3) is 10.9 Å². The van der Waals surface area contributed by atoms with Gasteiger partial charge in [-0.3, -0.25) is 9.78 Å². The molecule has 0 spiro atoms. The van der Waals surface area contributed by atoms with E-state index >= 15 is 0 Å². The minimum absolute atomic E-state index is 0.00747. The summed E-state index contributed by atoms with van der Waals surface area (Å²) in [5.41, 5.74) is 1.39. The number of aliphatic hydroxyl groups excluding tert-OH is 2. The summed E-state index contributed by atoms with van der Waals surface area (Å²) in [6.45, 7) is 0.741. The van der Waals surface area contributed by atoms with Crippen LogP contribution in [0.1, 0.15) is 10.4 Å². The number of thioether (sulfide) groups is 2. The Morgan fingerprint density at radius 1 is 1.03 bits per heavy atom. The van der Waals surface area contributed by atoms with E-state index in [4.69, 9.17) is 34.6 Å². The van der Waals surface area contributed by atoms with Crippen LogP contribution >= 0.6 is 48.0 Å². The standard InChI is InChI=1S/C19H23N3O3S4/c23-7-5-20-18(26)28-11-15(12-29-19(27)21-6-8-24)17(25)14-9-13-3-1-2-4-16(13)22-10-14/h1-4,9-10,15,23-24H,5-8,11-12H2,(H,20,26)(H,21,27). The molecule has 2 aromatic rings. The maximum absolute atomic E-state index is 13.2. The molecule has 0 bridgehead atoms. The third-order valence-electron chi connectivity index (χ3n) is 3.84. The Bertz CT molecular complexity index is 826. The molecule has 1 aromatic heterocycles. The Hall–Kier alpha value is -1.30. The number of fused-ring (bicyclic) bond motifs is 1. The fourth-order valence-corrected chi connectivity index (χ4v) is 4.82. The van der Waals surface area contributed by atoms with Crippen molar-refractivity contribution in [2.45, 2.75) is 0 Å². The van der Waals surface area contributed by atoms with Gasteiger partial charge in [-0.2, -0.15) is 0 Å². The number of hydrogen-bond acceptors (Lipinski definition) is 8. The second-order valence-corrected chi connectivity index (χ2v) is 9.37. The van der Waals surface area contributed by atoms with Crippen LogP contribution in [0.15, 0.2) is 36.5 Å². The summed E-state index contributed by atoms with van der Waals surface area (Å²) < 4.78 is 1.08. The Kier molecular flexibility index (Phi) is 10.8. The monoisotopic (exact) mass is 469 g/mol. The number of carbonyl (C=O) groups is 1. The van der Waals surface area contributed by atoms with Crippen LogP contribution < -0.4 is 10.6 Å². The molecule has 10 heteroatoms. The molecule has 156 valence electrons. The summed E-state index contributed by atoms with van der Waals surface area (Å²) in [6.07, 6.45) is 1.61. The number of benzene rings is 1. The third-order valence-corrected chi connectivity index (χ3v) is 6.79. The van der Waals surface area contributed by atoms with Crippen molar-refractivity contribution in [3.63, 3.8) is 0 Å². The van der Waals surface area contributed by atoms with E-state index in [9.17, 15) is 4.79 Å². The lowest BCUT2D eigenvalue weighted by molar-refractivity contribution is 0.0944. The van der Waals surface area contributed by atoms with Gasteiger partial charge in [-0.15, -0.1) is 0 Å². The lowest BCUT2D eigenvalue weighted by Crippen LogP contribution is -2.27. The molecule has 6 nitrogen and oxygen atoms in total. The predicted octanol–water partition coefficient (Wildman–Crippen LogP) is 2.23. The molecule has 0 saturated heterocycles. The first kappa shape index (κ1) is 24.0. The fourth-order valence-electron chi connectivity index (χ4n) is 2.41. The Labute approximate surface area is 189 Å². The summed E-state index contributed by atoms with van der Waals surface area (Å²) in [5, 5.41) is 24.6. The molecule has 0 fully saturated rings. The summed E-state index contributed by atoms with van der Waals surface area (Å²) in [7, 11) is 0. The van der Waals surface area contributed by atoms with Crippen molar-refractivity contribution in [2.75, 3.05) is 37.8 Å². The van der Waals surface area contributed by atoms with Gasteiger partial charge >= 0.3 is 0 Å². The Balaban J connectivity index is 2.09. The smallest absolute Gasteiger partial charge is 0.169 e. The van der Waals surface area contributed by atoms with Gasteiger partial charge in [0.1, 0.15) is 8.64 Å². The van der Waals surface area contributed by atoms with Gasteiger partial charge in [-0.1, -0.05) is 66.2 Å². The van der Waals surface area contributed by atoms with Crippen molar-refractivity contribution in [2.24, 2.45) is 5.92 Å². The van der Waals surface area contributed by atoms with Crippen molar-refractivity contribution < 1.29 is 15.0 Å². The molecule has 0 radical (unpaired) electrons. The summed E-state index contributed by atoms with van der Waals surface area (Å²) in [5.74, 6) is 0.630. The molecule has 0 amide bonds. The van der Waals surface area contributed by atoms with Crippen LogP contribution in [0.2, 0.25) is 0 Å². The Morgan fingerprint density at radius 2 is 1.62 bits per heavy atom. The zero-order chi connectivity index (χ0) is 21.1. The molecule has 4 N–H and O–H groups in total. The average molecular weight is 470 g/mol. The van der Waals surface area contributed by atoms with Gasteiger partial charge in [0.15, 0.2) is 5.78 Å².